The van der Waals surface area contributed by atoms with E-state index in [0.717, 1.165) is 30.4 Å². The van der Waals surface area contributed by atoms with E-state index in [2.05, 4.69) is 62.1 Å². The Morgan fingerprint density at radius 3 is 2.28 bits per heavy atom. The number of rotatable bonds is 7. The van der Waals surface area contributed by atoms with E-state index in [-0.39, 0.29) is 0 Å². The number of allylic oxidation sites excluding steroid dienone is 2. The summed E-state index contributed by atoms with van der Waals surface area (Å²) in [7, 11) is 0. The lowest BCUT2D eigenvalue weighted by molar-refractivity contribution is 0.0251. The number of ether oxygens (including phenoxy) is 1. The van der Waals surface area contributed by atoms with Crippen LogP contribution in [-0.2, 0) is 4.74 Å². The van der Waals surface area contributed by atoms with Gasteiger partial charge in [0.2, 0.25) is 0 Å². The molecule has 2 aliphatic rings. The first-order valence-electron chi connectivity index (χ1n) is 12.2. The van der Waals surface area contributed by atoms with E-state index in [1.165, 1.54) is 69.8 Å². The van der Waals surface area contributed by atoms with Crippen LogP contribution in [0.15, 0.2) is 36.4 Å². The topological polar surface area (TPSA) is 9.23 Å². The molecule has 0 N–H and O–H groups in total. The second-order valence-corrected chi connectivity index (χ2v) is 9.16. The van der Waals surface area contributed by atoms with Crippen molar-refractivity contribution < 1.29 is 4.74 Å². The van der Waals surface area contributed by atoms with Crippen LogP contribution < -0.4 is 0 Å². The van der Waals surface area contributed by atoms with Crippen LogP contribution in [0.4, 0.5) is 0 Å². The molecule has 1 aromatic rings. The average Bonchev–Trinajstić information content (AvgIpc) is 2.77. The first kappa shape index (κ1) is 22.2. The number of hydrogen-bond acceptors (Lipinski definition) is 1. The predicted molar refractivity (Wildman–Crippen MR) is 124 cm³/mol. The molecule has 1 heteroatoms. The minimum absolute atomic E-state index is 0.491. The third-order valence-electron chi connectivity index (χ3n) is 6.87. The largest absolute Gasteiger partial charge is 0.378 e. The Morgan fingerprint density at radius 2 is 1.62 bits per heavy atom. The molecule has 0 amide bonds. The Bertz CT molecular complexity index is 659. The molecule has 0 aromatic heterocycles. The van der Waals surface area contributed by atoms with Crippen LogP contribution in [0.25, 0.3) is 0 Å². The highest BCUT2D eigenvalue weighted by Gasteiger charge is 2.22. The summed E-state index contributed by atoms with van der Waals surface area (Å²) < 4.78 is 5.93. The molecule has 0 unspecified atom stereocenters. The molecule has 2 saturated carbocycles. The first-order valence-corrected chi connectivity index (χ1v) is 12.2. The van der Waals surface area contributed by atoms with Crippen LogP contribution in [0.5, 0.6) is 0 Å². The van der Waals surface area contributed by atoms with Crippen molar-refractivity contribution in [2.24, 2.45) is 11.8 Å². The SMILES string of the molecule is CCCO[C@H]1CC[C@H](c2ccc(C#CC=C[C@H]3CC[C@H](CCC)CC3)cc2)CC1. The molecule has 0 radical (unpaired) electrons. The average molecular weight is 393 g/mol. The van der Waals surface area contributed by atoms with Crippen molar-refractivity contribution in [2.75, 3.05) is 6.61 Å². The normalized spacial score (nSPS) is 27.5. The quantitative estimate of drug-likeness (QED) is 0.433. The maximum atomic E-state index is 5.93. The summed E-state index contributed by atoms with van der Waals surface area (Å²) >= 11 is 0. The molecule has 0 spiro atoms. The van der Waals surface area contributed by atoms with Gasteiger partial charge in [-0.1, -0.05) is 56.7 Å². The molecule has 0 atom stereocenters. The van der Waals surface area contributed by atoms with Gasteiger partial charge in [0.25, 0.3) is 0 Å². The molecule has 3 rings (SSSR count). The standard InChI is InChI=1S/C28H40O/c1-3-7-23-10-12-24(13-11-23)8-5-6-9-25-14-16-26(17-15-25)27-18-20-28(21-19-27)29-22-4-2/h5,8,14-17,23-24,27-28H,3-4,7,10-13,18-22H2,1-2H3/t23-,24-,27-,28-. The lowest BCUT2D eigenvalue weighted by Crippen LogP contribution is -2.21. The number of benzene rings is 1. The van der Waals surface area contributed by atoms with Crippen molar-refractivity contribution >= 4 is 0 Å². The summed E-state index contributed by atoms with van der Waals surface area (Å²) in [6, 6.07) is 8.98. The molecule has 1 nitrogen and oxygen atoms in total. The molecule has 1 aromatic carbocycles. The fraction of sp³-hybridized carbons (Fsp3) is 0.643. The van der Waals surface area contributed by atoms with Gasteiger partial charge in [-0.3, -0.25) is 0 Å². The van der Waals surface area contributed by atoms with Gasteiger partial charge in [-0.05, 0) is 99.3 Å². The van der Waals surface area contributed by atoms with E-state index in [9.17, 15) is 0 Å². The van der Waals surface area contributed by atoms with E-state index in [1.807, 2.05) is 0 Å². The Morgan fingerprint density at radius 1 is 0.897 bits per heavy atom. The molecular weight excluding hydrogens is 352 g/mol. The minimum Gasteiger partial charge on any atom is -0.378 e. The Labute approximate surface area is 179 Å². The molecule has 0 bridgehead atoms. The Kier molecular flexibility index (Phi) is 9.36. The molecule has 2 fully saturated rings. The zero-order chi connectivity index (χ0) is 20.3. The van der Waals surface area contributed by atoms with E-state index in [0.29, 0.717) is 12.0 Å². The predicted octanol–water partition coefficient (Wildman–Crippen LogP) is 7.65. The summed E-state index contributed by atoms with van der Waals surface area (Å²) in [6.07, 6.45) is 19.2. The first-order chi connectivity index (χ1) is 14.3. The fourth-order valence-corrected chi connectivity index (χ4v) is 5.07. The van der Waals surface area contributed by atoms with Crippen LogP contribution in [0.3, 0.4) is 0 Å². The summed E-state index contributed by atoms with van der Waals surface area (Å²) in [6.45, 7) is 5.41. The fourth-order valence-electron chi connectivity index (χ4n) is 5.07. The highest BCUT2D eigenvalue weighted by atomic mass is 16.5. The molecule has 2 aliphatic carbocycles. The van der Waals surface area contributed by atoms with Crippen molar-refractivity contribution in [3.63, 3.8) is 0 Å². The van der Waals surface area contributed by atoms with E-state index in [4.69, 9.17) is 4.74 Å². The van der Waals surface area contributed by atoms with Crippen molar-refractivity contribution in [3.8, 4) is 11.8 Å². The van der Waals surface area contributed by atoms with Gasteiger partial charge in [0.1, 0.15) is 0 Å². The summed E-state index contributed by atoms with van der Waals surface area (Å²) in [5.41, 5.74) is 2.61. The van der Waals surface area contributed by atoms with Crippen molar-refractivity contribution in [2.45, 2.75) is 96.5 Å². The van der Waals surface area contributed by atoms with Crippen molar-refractivity contribution in [3.05, 3.63) is 47.5 Å². The van der Waals surface area contributed by atoms with Gasteiger partial charge in [-0.2, -0.15) is 0 Å². The van der Waals surface area contributed by atoms with Gasteiger partial charge in [0.15, 0.2) is 0 Å². The van der Waals surface area contributed by atoms with Crippen LogP contribution in [0.2, 0.25) is 0 Å². The molecule has 0 aliphatic heterocycles. The second-order valence-electron chi connectivity index (χ2n) is 9.16. The number of hydrogen-bond donors (Lipinski definition) is 0. The van der Waals surface area contributed by atoms with Gasteiger partial charge in [0, 0.05) is 12.2 Å². The zero-order valence-electron chi connectivity index (χ0n) is 18.7. The van der Waals surface area contributed by atoms with Crippen LogP contribution in [0.1, 0.15) is 102 Å². The molecular formula is C28H40O. The van der Waals surface area contributed by atoms with Gasteiger partial charge in [0.05, 0.1) is 6.10 Å². The highest BCUT2D eigenvalue weighted by Crippen LogP contribution is 2.34. The molecule has 0 saturated heterocycles. The summed E-state index contributed by atoms with van der Waals surface area (Å²) in [5, 5.41) is 0. The van der Waals surface area contributed by atoms with Gasteiger partial charge in [-0.15, -0.1) is 0 Å². The Balaban J connectivity index is 1.42. The maximum absolute atomic E-state index is 5.93. The third kappa shape index (κ3) is 7.35. The smallest absolute Gasteiger partial charge is 0.0575 e. The van der Waals surface area contributed by atoms with E-state index >= 15 is 0 Å². The second kappa shape index (κ2) is 12.2. The highest BCUT2D eigenvalue weighted by molar-refractivity contribution is 5.39. The van der Waals surface area contributed by atoms with Crippen LogP contribution in [-0.4, -0.2) is 12.7 Å². The van der Waals surface area contributed by atoms with Crippen LogP contribution >= 0.6 is 0 Å². The Hall–Kier alpha value is -1.52. The lowest BCUT2D eigenvalue weighted by atomic mass is 9.80. The van der Waals surface area contributed by atoms with E-state index in [1.54, 1.807) is 0 Å². The van der Waals surface area contributed by atoms with Crippen LogP contribution in [0, 0.1) is 23.7 Å². The van der Waals surface area contributed by atoms with E-state index < -0.39 is 0 Å². The molecule has 158 valence electrons. The van der Waals surface area contributed by atoms with Gasteiger partial charge in [-0.25, -0.2) is 0 Å². The van der Waals surface area contributed by atoms with Crippen molar-refractivity contribution in [1.82, 2.24) is 0 Å². The maximum Gasteiger partial charge on any atom is 0.0575 e. The summed E-state index contributed by atoms with van der Waals surface area (Å²) in [5.74, 6) is 9.00. The molecule has 0 heterocycles. The minimum atomic E-state index is 0.491. The summed E-state index contributed by atoms with van der Waals surface area (Å²) in [4.78, 5) is 0. The lowest BCUT2D eigenvalue weighted by Gasteiger charge is -2.28. The third-order valence-corrected chi connectivity index (χ3v) is 6.87. The monoisotopic (exact) mass is 392 g/mol. The van der Waals surface area contributed by atoms with Crippen molar-refractivity contribution in [1.29, 1.82) is 0 Å². The molecule has 29 heavy (non-hydrogen) atoms. The van der Waals surface area contributed by atoms with Gasteiger partial charge >= 0.3 is 0 Å². The zero-order valence-corrected chi connectivity index (χ0v) is 18.7. The van der Waals surface area contributed by atoms with Gasteiger partial charge < -0.3 is 4.74 Å².